The van der Waals surface area contributed by atoms with Gasteiger partial charge in [-0.1, -0.05) is 24.3 Å². The molecule has 0 saturated carbocycles. The maximum absolute atomic E-state index is 2.18. The quantitative estimate of drug-likeness (QED) is 0.501. The average molecular weight is 181 g/mol. The molecule has 38 valence electrons. The molecule has 0 aromatic rings. The molecule has 0 atom stereocenters. The van der Waals surface area contributed by atoms with Gasteiger partial charge in [-0.15, -0.1) is 0 Å². The third-order valence-electron chi connectivity index (χ3n) is 0.883. The molecule has 0 aromatic carbocycles. The van der Waals surface area contributed by atoms with Crippen LogP contribution in [0.1, 0.15) is 12.8 Å². The predicted molar refractivity (Wildman–Crippen MR) is 27.5 cm³/mol. The third-order valence-corrected chi connectivity index (χ3v) is 0.883. The fraction of sp³-hybridized carbons (Fsp3) is 0.333. The standard InChI is InChI=1S/C6H8.Ru/c1-2-4-6-5-3-1;/h1-4H,5-6H2;/q;+2. The van der Waals surface area contributed by atoms with Crippen molar-refractivity contribution in [3.63, 3.8) is 0 Å². The Bertz CT molecular complexity index is 70.2. The summed E-state index contributed by atoms with van der Waals surface area (Å²) in [6.45, 7) is 0. The van der Waals surface area contributed by atoms with Gasteiger partial charge in [0.2, 0.25) is 0 Å². The summed E-state index contributed by atoms with van der Waals surface area (Å²) < 4.78 is 0. The predicted octanol–water partition coefficient (Wildman–Crippen LogP) is 1.89. The van der Waals surface area contributed by atoms with E-state index < -0.39 is 0 Å². The van der Waals surface area contributed by atoms with Crippen molar-refractivity contribution >= 4 is 0 Å². The minimum atomic E-state index is 0. The van der Waals surface area contributed by atoms with Crippen LogP contribution < -0.4 is 0 Å². The molecule has 0 aliphatic heterocycles. The van der Waals surface area contributed by atoms with E-state index in [9.17, 15) is 0 Å². The van der Waals surface area contributed by atoms with Gasteiger partial charge in [-0.05, 0) is 12.8 Å². The van der Waals surface area contributed by atoms with Crippen LogP contribution in [0, 0.1) is 0 Å². The van der Waals surface area contributed by atoms with Crippen molar-refractivity contribution in [2.45, 2.75) is 12.8 Å². The summed E-state index contributed by atoms with van der Waals surface area (Å²) in [7, 11) is 0. The summed E-state index contributed by atoms with van der Waals surface area (Å²) in [5, 5.41) is 0. The van der Waals surface area contributed by atoms with Crippen LogP contribution in [0.3, 0.4) is 0 Å². The zero-order valence-corrected chi connectivity index (χ0v) is 5.82. The molecule has 0 unspecified atom stereocenters. The van der Waals surface area contributed by atoms with Crippen molar-refractivity contribution in [1.82, 2.24) is 0 Å². The van der Waals surface area contributed by atoms with Crippen molar-refractivity contribution < 1.29 is 19.5 Å². The second-order valence-corrected chi connectivity index (χ2v) is 1.43. The number of rotatable bonds is 0. The molecule has 0 radical (unpaired) electrons. The molecule has 1 rings (SSSR count). The first-order valence-electron chi connectivity index (χ1n) is 2.32. The summed E-state index contributed by atoms with van der Waals surface area (Å²) in [4.78, 5) is 0. The average Bonchev–Trinajstić information content (AvgIpc) is 1.72. The van der Waals surface area contributed by atoms with E-state index in [1.165, 1.54) is 12.8 Å². The van der Waals surface area contributed by atoms with Crippen molar-refractivity contribution in [2.24, 2.45) is 0 Å². The first-order chi connectivity index (χ1) is 3.00. The zero-order chi connectivity index (χ0) is 4.24. The fourth-order valence-corrected chi connectivity index (χ4v) is 0.542. The number of hydrogen-bond donors (Lipinski definition) is 0. The first-order valence-corrected chi connectivity index (χ1v) is 2.32. The van der Waals surface area contributed by atoms with Gasteiger partial charge in [0.1, 0.15) is 0 Å². The summed E-state index contributed by atoms with van der Waals surface area (Å²) in [5.41, 5.74) is 0. The minimum Gasteiger partial charge on any atom is -0.0842 e. The Kier molecular flexibility index (Phi) is 4.33. The van der Waals surface area contributed by atoms with Gasteiger partial charge in [0.25, 0.3) is 0 Å². The van der Waals surface area contributed by atoms with E-state index in [1.807, 2.05) is 0 Å². The van der Waals surface area contributed by atoms with E-state index in [1.54, 1.807) is 0 Å². The smallest absolute Gasteiger partial charge is 0.0842 e. The van der Waals surface area contributed by atoms with Gasteiger partial charge >= 0.3 is 19.5 Å². The van der Waals surface area contributed by atoms with Gasteiger partial charge in [0.15, 0.2) is 0 Å². The molecule has 1 heteroatoms. The molecular weight excluding hydrogens is 173 g/mol. The molecule has 0 aromatic heterocycles. The Morgan fingerprint density at radius 2 is 1.29 bits per heavy atom. The topological polar surface area (TPSA) is 0 Å². The van der Waals surface area contributed by atoms with E-state index >= 15 is 0 Å². The van der Waals surface area contributed by atoms with Gasteiger partial charge in [-0.25, -0.2) is 0 Å². The Labute approximate surface area is 57.1 Å². The minimum absolute atomic E-state index is 0. The molecule has 0 amide bonds. The van der Waals surface area contributed by atoms with Crippen LogP contribution in [-0.2, 0) is 19.5 Å². The zero-order valence-electron chi connectivity index (χ0n) is 4.08. The van der Waals surface area contributed by atoms with Crippen LogP contribution in [0.4, 0.5) is 0 Å². The van der Waals surface area contributed by atoms with E-state index in [0.717, 1.165) is 0 Å². The Hall–Kier alpha value is 0.103. The summed E-state index contributed by atoms with van der Waals surface area (Å²) in [5.74, 6) is 0. The van der Waals surface area contributed by atoms with Crippen LogP contribution in [0.5, 0.6) is 0 Å². The Balaban J connectivity index is 0.000000360. The molecule has 0 fully saturated rings. The van der Waals surface area contributed by atoms with E-state index in [-0.39, 0.29) is 19.5 Å². The van der Waals surface area contributed by atoms with E-state index in [0.29, 0.717) is 0 Å². The molecule has 0 heterocycles. The van der Waals surface area contributed by atoms with Gasteiger partial charge < -0.3 is 0 Å². The first kappa shape index (κ1) is 7.10. The van der Waals surface area contributed by atoms with Crippen LogP contribution >= 0.6 is 0 Å². The maximum atomic E-state index is 2.18. The van der Waals surface area contributed by atoms with Crippen molar-refractivity contribution in [1.29, 1.82) is 0 Å². The third kappa shape index (κ3) is 2.76. The van der Waals surface area contributed by atoms with Crippen molar-refractivity contribution in [2.75, 3.05) is 0 Å². The molecule has 0 bridgehead atoms. The van der Waals surface area contributed by atoms with Crippen LogP contribution in [0.25, 0.3) is 0 Å². The molecule has 0 N–H and O–H groups in total. The van der Waals surface area contributed by atoms with E-state index in [4.69, 9.17) is 0 Å². The van der Waals surface area contributed by atoms with Gasteiger partial charge in [-0.3, -0.25) is 0 Å². The number of hydrogen-bond acceptors (Lipinski definition) is 0. The number of allylic oxidation sites excluding steroid dienone is 4. The molecule has 0 saturated heterocycles. The maximum Gasteiger partial charge on any atom is 2.00 e. The molecule has 1 aliphatic rings. The van der Waals surface area contributed by atoms with Gasteiger partial charge in [0.05, 0.1) is 0 Å². The second-order valence-electron chi connectivity index (χ2n) is 1.43. The van der Waals surface area contributed by atoms with Crippen LogP contribution in [0.15, 0.2) is 24.3 Å². The molecular formula is C6H8Ru+2. The monoisotopic (exact) mass is 182 g/mol. The van der Waals surface area contributed by atoms with Crippen molar-refractivity contribution in [3.8, 4) is 0 Å². The Morgan fingerprint density at radius 1 is 0.857 bits per heavy atom. The van der Waals surface area contributed by atoms with Crippen molar-refractivity contribution in [3.05, 3.63) is 24.3 Å². The van der Waals surface area contributed by atoms with E-state index in [2.05, 4.69) is 24.3 Å². The van der Waals surface area contributed by atoms with Crippen LogP contribution in [-0.4, -0.2) is 0 Å². The molecule has 0 spiro atoms. The van der Waals surface area contributed by atoms with Crippen LogP contribution in [0.2, 0.25) is 0 Å². The van der Waals surface area contributed by atoms with Gasteiger partial charge in [0, 0.05) is 0 Å². The fourth-order valence-electron chi connectivity index (χ4n) is 0.542. The summed E-state index contributed by atoms with van der Waals surface area (Å²) >= 11 is 0. The summed E-state index contributed by atoms with van der Waals surface area (Å²) in [6.07, 6.45) is 11.0. The molecule has 7 heavy (non-hydrogen) atoms. The van der Waals surface area contributed by atoms with Gasteiger partial charge in [-0.2, -0.15) is 0 Å². The summed E-state index contributed by atoms with van der Waals surface area (Å²) in [6, 6.07) is 0. The normalized spacial score (nSPS) is 16.0. The molecule has 0 nitrogen and oxygen atoms in total. The SMILES string of the molecule is C1=CCCC=C1.[Ru+2]. The largest absolute Gasteiger partial charge is 2.00 e. The Morgan fingerprint density at radius 3 is 1.43 bits per heavy atom. The molecule has 1 aliphatic carbocycles. The second kappa shape index (κ2) is 4.27.